The van der Waals surface area contributed by atoms with E-state index in [1.165, 1.54) is 62.6 Å². The van der Waals surface area contributed by atoms with Crippen molar-refractivity contribution in [2.45, 2.75) is 85.1 Å². The van der Waals surface area contributed by atoms with Gasteiger partial charge in [-0.05, 0) is 44.0 Å². The molecule has 0 aliphatic heterocycles. The number of carbonyl (C=O) groups excluding carboxylic acids is 1. The van der Waals surface area contributed by atoms with Crippen LogP contribution in [0.5, 0.6) is 5.75 Å². The molecule has 1 heterocycles. The van der Waals surface area contributed by atoms with Gasteiger partial charge < -0.3 is 14.0 Å². The summed E-state index contributed by atoms with van der Waals surface area (Å²) < 4.78 is 13.0. The van der Waals surface area contributed by atoms with Gasteiger partial charge in [-0.15, -0.1) is 0 Å². The van der Waals surface area contributed by atoms with E-state index in [4.69, 9.17) is 9.47 Å². The van der Waals surface area contributed by atoms with E-state index in [-0.39, 0.29) is 5.97 Å². The first-order valence-electron chi connectivity index (χ1n) is 10.9. The van der Waals surface area contributed by atoms with Crippen LogP contribution >= 0.6 is 0 Å². The van der Waals surface area contributed by atoms with Crippen LogP contribution in [0, 0.1) is 6.92 Å². The molecule has 0 N–H and O–H groups in total. The number of carbonyl (C=O) groups is 1. The maximum absolute atomic E-state index is 12.1. The summed E-state index contributed by atoms with van der Waals surface area (Å²) in [5.41, 5.74) is 3.41. The predicted octanol–water partition coefficient (Wildman–Crippen LogP) is 6.20. The normalized spacial score (nSPS) is 11.1. The highest BCUT2D eigenvalue weighted by Crippen LogP contribution is 2.30. The highest BCUT2D eigenvalue weighted by atomic mass is 16.5. The number of fused-ring (bicyclic) bond motifs is 1. The average Bonchev–Trinajstić information content (AvgIpc) is 2.95. The first-order chi connectivity index (χ1) is 13.6. The molecule has 0 saturated heterocycles. The fraction of sp³-hybridized carbons (Fsp3) is 0.625. The molecule has 1 aromatic carbocycles. The number of esters is 1. The zero-order valence-corrected chi connectivity index (χ0v) is 18.2. The van der Waals surface area contributed by atoms with Crippen LogP contribution in [0.3, 0.4) is 0 Å². The molecule has 0 unspecified atom stereocenters. The average molecular weight is 388 g/mol. The van der Waals surface area contributed by atoms with E-state index in [0.29, 0.717) is 13.0 Å². The maximum Gasteiger partial charge on any atom is 0.310 e. The van der Waals surface area contributed by atoms with Crippen LogP contribution in [0.2, 0.25) is 0 Å². The Labute approximate surface area is 170 Å². The largest absolute Gasteiger partial charge is 0.497 e. The van der Waals surface area contributed by atoms with Gasteiger partial charge in [0.2, 0.25) is 0 Å². The van der Waals surface area contributed by atoms with Crippen molar-refractivity contribution in [2.24, 2.45) is 0 Å². The molecule has 0 amide bonds. The van der Waals surface area contributed by atoms with Gasteiger partial charge in [-0.1, -0.05) is 51.9 Å². The van der Waals surface area contributed by atoms with Crippen molar-refractivity contribution in [3.05, 3.63) is 29.5 Å². The van der Waals surface area contributed by atoms with E-state index in [0.717, 1.165) is 23.2 Å². The zero-order chi connectivity index (χ0) is 20.4. The van der Waals surface area contributed by atoms with Gasteiger partial charge in [-0.2, -0.15) is 0 Å². The quantitative estimate of drug-likeness (QED) is 0.303. The van der Waals surface area contributed by atoms with Crippen molar-refractivity contribution in [2.75, 3.05) is 13.7 Å². The minimum atomic E-state index is -0.167. The zero-order valence-electron chi connectivity index (χ0n) is 18.2. The molecule has 0 bridgehead atoms. The molecule has 2 aromatic rings. The van der Waals surface area contributed by atoms with Gasteiger partial charge >= 0.3 is 5.97 Å². The number of aromatic nitrogens is 1. The number of benzene rings is 1. The molecule has 0 spiro atoms. The number of aryl methyl sites for hydroxylation is 1. The number of nitrogens with zero attached hydrogens (tertiary/aromatic N) is 1. The fourth-order valence-corrected chi connectivity index (χ4v) is 3.93. The Hall–Kier alpha value is -1.97. The second-order valence-electron chi connectivity index (χ2n) is 7.56. The number of rotatable bonds is 13. The monoisotopic (exact) mass is 387 g/mol. The highest BCUT2D eigenvalue weighted by molar-refractivity contribution is 5.90. The van der Waals surface area contributed by atoms with E-state index < -0.39 is 0 Å². The number of hydrogen-bond donors (Lipinski definition) is 0. The first kappa shape index (κ1) is 22.3. The van der Waals surface area contributed by atoms with Crippen LogP contribution in [0.4, 0.5) is 0 Å². The number of hydrogen-bond acceptors (Lipinski definition) is 3. The standard InChI is InChI=1S/C24H37NO3/c1-5-7-8-9-10-11-12-13-16-25-19(3)21(18-24(26)28-6-2)22-17-20(27-4)14-15-23(22)25/h14-15,17H,5-13,16,18H2,1-4H3. The second kappa shape index (κ2) is 11.8. The van der Waals surface area contributed by atoms with Crippen LogP contribution in [0.1, 0.15) is 76.5 Å². The molecule has 4 heteroatoms. The summed E-state index contributed by atoms with van der Waals surface area (Å²) in [6.45, 7) is 7.63. The molecule has 0 radical (unpaired) electrons. The molecule has 4 nitrogen and oxygen atoms in total. The molecule has 2 rings (SSSR count). The Bertz CT molecular complexity index is 748. The molecule has 0 saturated carbocycles. The summed E-state index contributed by atoms with van der Waals surface area (Å²) in [6, 6.07) is 6.15. The summed E-state index contributed by atoms with van der Waals surface area (Å²) in [5.74, 6) is 0.654. The highest BCUT2D eigenvalue weighted by Gasteiger charge is 2.17. The molecule has 0 aliphatic carbocycles. The third-order valence-corrected chi connectivity index (χ3v) is 5.52. The summed E-state index contributed by atoms with van der Waals surface area (Å²) in [7, 11) is 1.68. The van der Waals surface area contributed by atoms with Gasteiger partial charge in [-0.3, -0.25) is 4.79 Å². The molecule has 0 aliphatic rings. The SMILES string of the molecule is CCCCCCCCCCn1c(C)c(CC(=O)OCC)c2cc(OC)ccc21. The van der Waals surface area contributed by atoms with Crippen molar-refractivity contribution < 1.29 is 14.3 Å². The van der Waals surface area contributed by atoms with E-state index in [9.17, 15) is 4.79 Å². The molecule has 156 valence electrons. The minimum Gasteiger partial charge on any atom is -0.497 e. The van der Waals surface area contributed by atoms with Crippen LogP contribution in [-0.2, 0) is 22.5 Å². The van der Waals surface area contributed by atoms with Gasteiger partial charge in [0.25, 0.3) is 0 Å². The molecular formula is C24H37NO3. The number of methoxy groups -OCH3 is 1. The number of unbranched alkanes of at least 4 members (excludes halogenated alkanes) is 7. The van der Waals surface area contributed by atoms with Gasteiger partial charge in [0.15, 0.2) is 0 Å². The topological polar surface area (TPSA) is 40.5 Å². The Kier molecular flexibility index (Phi) is 9.39. The first-order valence-corrected chi connectivity index (χ1v) is 10.9. The lowest BCUT2D eigenvalue weighted by atomic mass is 10.1. The minimum absolute atomic E-state index is 0.167. The van der Waals surface area contributed by atoms with E-state index in [1.54, 1.807) is 7.11 Å². The van der Waals surface area contributed by atoms with E-state index >= 15 is 0 Å². The molecular weight excluding hydrogens is 350 g/mol. The maximum atomic E-state index is 12.1. The van der Waals surface area contributed by atoms with Crippen LogP contribution in [0.15, 0.2) is 18.2 Å². The van der Waals surface area contributed by atoms with Crippen molar-refractivity contribution >= 4 is 16.9 Å². The van der Waals surface area contributed by atoms with Crippen molar-refractivity contribution in [3.63, 3.8) is 0 Å². The van der Waals surface area contributed by atoms with E-state index in [2.05, 4.69) is 24.5 Å². The molecule has 1 aromatic heterocycles. The fourth-order valence-electron chi connectivity index (χ4n) is 3.93. The Morgan fingerprint density at radius 3 is 2.32 bits per heavy atom. The molecule has 28 heavy (non-hydrogen) atoms. The predicted molar refractivity (Wildman–Crippen MR) is 116 cm³/mol. The lowest BCUT2D eigenvalue weighted by Crippen LogP contribution is -2.09. The van der Waals surface area contributed by atoms with Crippen LogP contribution in [-0.4, -0.2) is 24.3 Å². The third kappa shape index (κ3) is 6.02. The lowest BCUT2D eigenvalue weighted by Gasteiger charge is -2.09. The van der Waals surface area contributed by atoms with Crippen LogP contribution in [0.25, 0.3) is 10.9 Å². The lowest BCUT2D eigenvalue weighted by molar-refractivity contribution is -0.142. The van der Waals surface area contributed by atoms with Gasteiger partial charge in [0.1, 0.15) is 5.75 Å². The Balaban J connectivity index is 2.07. The summed E-state index contributed by atoms with van der Waals surface area (Å²) in [4.78, 5) is 12.1. The third-order valence-electron chi connectivity index (χ3n) is 5.52. The molecule has 0 fully saturated rings. The second-order valence-corrected chi connectivity index (χ2v) is 7.56. The van der Waals surface area contributed by atoms with Crippen molar-refractivity contribution in [1.29, 1.82) is 0 Å². The summed E-state index contributed by atoms with van der Waals surface area (Å²) >= 11 is 0. The van der Waals surface area contributed by atoms with Crippen LogP contribution < -0.4 is 4.74 Å². The number of ether oxygens (including phenoxy) is 2. The van der Waals surface area contributed by atoms with Crippen molar-refractivity contribution in [1.82, 2.24) is 4.57 Å². The van der Waals surface area contributed by atoms with Gasteiger partial charge in [0.05, 0.1) is 20.1 Å². The Morgan fingerprint density at radius 1 is 1.00 bits per heavy atom. The Morgan fingerprint density at radius 2 is 1.68 bits per heavy atom. The summed E-state index contributed by atoms with van der Waals surface area (Å²) in [6.07, 6.45) is 10.8. The van der Waals surface area contributed by atoms with Gasteiger partial charge in [0, 0.05) is 23.1 Å². The molecule has 0 atom stereocenters. The van der Waals surface area contributed by atoms with Crippen molar-refractivity contribution in [3.8, 4) is 5.75 Å². The smallest absolute Gasteiger partial charge is 0.310 e. The summed E-state index contributed by atoms with van der Waals surface area (Å²) in [5, 5.41) is 1.10. The van der Waals surface area contributed by atoms with E-state index in [1.807, 2.05) is 19.1 Å². The van der Waals surface area contributed by atoms with Gasteiger partial charge in [-0.25, -0.2) is 0 Å².